The first kappa shape index (κ1) is 17.6. The molecule has 0 radical (unpaired) electrons. The minimum Gasteiger partial charge on any atom is -0.367 e. The van der Waals surface area contributed by atoms with Crippen LogP contribution in [0.1, 0.15) is 43.3 Å². The Bertz CT molecular complexity index is 698. The molecule has 25 heavy (non-hydrogen) atoms. The molecule has 3 rings (SSSR count). The van der Waals surface area contributed by atoms with E-state index < -0.39 is 0 Å². The van der Waals surface area contributed by atoms with Gasteiger partial charge in [0.25, 0.3) is 0 Å². The third-order valence-corrected chi connectivity index (χ3v) is 4.02. The third-order valence-electron chi connectivity index (χ3n) is 4.02. The summed E-state index contributed by atoms with van der Waals surface area (Å²) in [6.07, 6.45) is 2.13. The van der Waals surface area contributed by atoms with Crippen LogP contribution in [-0.4, -0.2) is 57.4 Å². The van der Waals surface area contributed by atoms with Crippen LogP contribution in [0.4, 0.5) is 5.82 Å². The summed E-state index contributed by atoms with van der Waals surface area (Å²) in [5, 5.41) is 13.7. The first-order chi connectivity index (χ1) is 12.1. The molecule has 1 fully saturated rings. The lowest BCUT2D eigenvalue weighted by atomic mass is 10.2. The van der Waals surface area contributed by atoms with Crippen LogP contribution in [0, 0.1) is 6.92 Å². The Morgan fingerprint density at radius 1 is 1.52 bits per heavy atom. The smallest absolute Gasteiger partial charge is 0.226 e. The van der Waals surface area contributed by atoms with E-state index in [1.54, 1.807) is 13.0 Å². The van der Waals surface area contributed by atoms with E-state index >= 15 is 0 Å². The van der Waals surface area contributed by atoms with Crippen molar-refractivity contribution in [3.8, 4) is 0 Å². The molecule has 0 spiro atoms. The fraction of sp³-hybridized carbons (Fsp3) is 0.625. The van der Waals surface area contributed by atoms with E-state index in [2.05, 4.69) is 37.5 Å². The zero-order valence-corrected chi connectivity index (χ0v) is 14.6. The molecule has 1 amide bonds. The number of nitrogens with one attached hydrogen (secondary N) is 2. The van der Waals surface area contributed by atoms with Crippen molar-refractivity contribution in [2.45, 2.75) is 39.2 Å². The van der Waals surface area contributed by atoms with Crippen LogP contribution in [0.2, 0.25) is 0 Å². The molecule has 0 aromatic carbocycles. The van der Waals surface area contributed by atoms with Gasteiger partial charge in [0.2, 0.25) is 5.91 Å². The number of aromatic nitrogens is 4. The van der Waals surface area contributed by atoms with Crippen LogP contribution >= 0.6 is 0 Å². The molecule has 9 nitrogen and oxygen atoms in total. The lowest BCUT2D eigenvalue weighted by Crippen LogP contribution is -2.40. The lowest BCUT2D eigenvalue weighted by molar-refractivity contribution is -0.117. The molecule has 2 N–H and O–H groups in total. The van der Waals surface area contributed by atoms with Gasteiger partial charge in [0.1, 0.15) is 17.7 Å². The second-order valence-electron chi connectivity index (χ2n) is 6.17. The number of H-pyrrole nitrogens is 1. The van der Waals surface area contributed by atoms with Gasteiger partial charge in [-0.15, -0.1) is 0 Å². The summed E-state index contributed by atoms with van der Waals surface area (Å²) in [5.74, 6) is 2.61. The number of hydrogen-bond acceptors (Lipinski definition) is 7. The highest BCUT2D eigenvalue weighted by atomic mass is 16.5. The van der Waals surface area contributed by atoms with Crippen LogP contribution in [0.25, 0.3) is 0 Å². The Morgan fingerprint density at radius 3 is 3.16 bits per heavy atom. The van der Waals surface area contributed by atoms with Crippen molar-refractivity contribution in [3.05, 3.63) is 23.5 Å². The Kier molecular flexibility index (Phi) is 5.77. The summed E-state index contributed by atoms with van der Waals surface area (Å²) in [6.45, 7) is 6.61. The second-order valence-corrected chi connectivity index (χ2v) is 6.17. The second kappa shape index (κ2) is 8.21. The Morgan fingerprint density at radius 2 is 2.40 bits per heavy atom. The van der Waals surface area contributed by atoms with Crippen LogP contribution in [0.5, 0.6) is 0 Å². The first-order valence-corrected chi connectivity index (χ1v) is 8.62. The van der Waals surface area contributed by atoms with Crippen LogP contribution in [-0.2, 0) is 16.0 Å². The van der Waals surface area contributed by atoms with E-state index in [1.807, 2.05) is 0 Å². The van der Waals surface area contributed by atoms with E-state index in [9.17, 15) is 4.79 Å². The molecule has 1 saturated heterocycles. The number of aromatic amines is 1. The van der Waals surface area contributed by atoms with Gasteiger partial charge in [-0.1, -0.05) is 12.1 Å². The maximum Gasteiger partial charge on any atom is 0.226 e. The molecule has 136 valence electrons. The van der Waals surface area contributed by atoms with Gasteiger partial charge in [0.15, 0.2) is 11.6 Å². The Hall–Kier alpha value is -2.26. The Balaban J connectivity index is 1.47. The topological polar surface area (TPSA) is 109 Å². The highest BCUT2D eigenvalue weighted by Crippen LogP contribution is 2.19. The minimum atomic E-state index is -0.156. The van der Waals surface area contributed by atoms with Gasteiger partial charge >= 0.3 is 0 Å². The number of nitrogens with zero attached hydrogens (tertiary/aromatic N) is 4. The zero-order chi connectivity index (χ0) is 17.6. The number of aryl methyl sites for hydroxylation is 2. The van der Waals surface area contributed by atoms with Crippen molar-refractivity contribution in [1.82, 2.24) is 25.2 Å². The molecule has 1 aliphatic rings. The van der Waals surface area contributed by atoms with Crippen molar-refractivity contribution < 1.29 is 14.1 Å². The van der Waals surface area contributed by atoms with Gasteiger partial charge in [-0.25, -0.2) is 4.98 Å². The maximum atomic E-state index is 12.0. The molecule has 1 aliphatic heterocycles. The largest absolute Gasteiger partial charge is 0.367 e. The molecule has 2 aromatic heterocycles. The van der Waals surface area contributed by atoms with Gasteiger partial charge in [0, 0.05) is 38.5 Å². The van der Waals surface area contributed by atoms with E-state index in [0.29, 0.717) is 43.5 Å². The molecule has 0 aliphatic carbocycles. The van der Waals surface area contributed by atoms with Crippen molar-refractivity contribution in [1.29, 1.82) is 0 Å². The minimum absolute atomic E-state index is 0.0838. The average molecular weight is 348 g/mol. The fourth-order valence-electron chi connectivity index (χ4n) is 2.75. The zero-order valence-electron chi connectivity index (χ0n) is 14.6. The molecule has 1 unspecified atom stereocenters. The summed E-state index contributed by atoms with van der Waals surface area (Å²) in [5.41, 5.74) is 0. The van der Waals surface area contributed by atoms with E-state index in [-0.39, 0.29) is 12.0 Å². The van der Waals surface area contributed by atoms with Gasteiger partial charge in [-0.05, 0) is 13.3 Å². The predicted molar refractivity (Wildman–Crippen MR) is 90.0 cm³/mol. The highest BCUT2D eigenvalue weighted by molar-refractivity contribution is 5.89. The van der Waals surface area contributed by atoms with Crippen LogP contribution in [0.15, 0.2) is 10.6 Å². The number of hydrogen-bond donors (Lipinski definition) is 2. The van der Waals surface area contributed by atoms with Crippen molar-refractivity contribution in [3.63, 3.8) is 0 Å². The molecule has 0 bridgehead atoms. The van der Waals surface area contributed by atoms with E-state index in [4.69, 9.17) is 9.26 Å². The summed E-state index contributed by atoms with van der Waals surface area (Å²) in [4.78, 5) is 18.7. The number of carbonyl (C=O) groups is 1. The average Bonchev–Trinajstić information content (AvgIpc) is 3.23. The molecule has 9 heteroatoms. The van der Waals surface area contributed by atoms with Gasteiger partial charge in [-0.3, -0.25) is 14.8 Å². The van der Waals surface area contributed by atoms with Gasteiger partial charge in [0.05, 0.1) is 6.61 Å². The number of anilines is 1. The van der Waals surface area contributed by atoms with Gasteiger partial charge in [-0.2, -0.15) is 5.10 Å². The van der Waals surface area contributed by atoms with E-state index in [1.165, 1.54) is 0 Å². The van der Waals surface area contributed by atoms with E-state index in [0.717, 1.165) is 25.2 Å². The SMILES string of the molecule is CCCc1nc(C2CN(CCC(=O)Nc3cc(C)on3)CCO2)n[nH]1. The molecular weight excluding hydrogens is 324 g/mol. The molecular formula is C16H24N6O3. The monoisotopic (exact) mass is 348 g/mol. The van der Waals surface area contributed by atoms with Crippen LogP contribution in [0.3, 0.4) is 0 Å². The summed E-state index contributed by atoms with van der Waals surface area (Å²) in [6, 6.07) is 1.69. The normalized spacial score (nSPS) is 18.4. The summed E-state index contributed by atoms with van der Waals surface area (Å²) >= 11 is 0. The highest BCUT2D eigenvalue weighted by Gasteiger charge is 2.25. The predicted octanol–water partition coefficient (Wildman–Crippen LogP) is 1.46. The Labute approximate surface area is 146 Å². The number of amides is 1. The molecule has 1 atom stereocenters. The standard InChI is InChI=1S/C16H24N6O3/c1-3-4-13-18-16(20-19-13)12-10-22(7-8-24-12)6-5-15(23)17-14-9-11(2)25-21-14/h9,12H,3-8,10H2,1-2H3,(H,17,21,23)(H,18,19,20). The quantitative estimate of drug-likeness (QED) is 0.779. The van der Waals surface area contributed by atoms with Gasteiger partial charge < -0.3 is 14.6 Å². The first-order valence-electron chi connectivity index (χ1n) is 8.62. The van der Waals surface area contributed by atoms with Crippen molar-refractivity contribution in [2.24, 2.45) is 0 Å². The third kappa shape index (κ3) is 4.86. The molecule has 2 aromatic rings. The summed E-state index contributed by atoms with van der Waals surface area (Å²) < 4.78 is 10.7. The van der Waals surface area contributed by atoms with Crippen molar-refractivity contribution >= 4 is 11.7 Å². The maximum absolute atomic E-state index is 12.0. The number of carbonyl (C=O) groups excluding carboxylic acids is 1. The number of ether oxygens (including phenoxy) is 1. The fourth-order valence-corrected chi connectivity index (χ4v) is 2.75. The summed E-state index contributed by atoms with van der Waals surface area (Å²) in [7, 11) is 0. The number of morpholine rings is 1. The van der Waals surface area contributed by atoms with Crippen LogP contribution < -0.4 is 5.32 Å². The number of rotatable bonds is 7. The molecule has 3 heterocycles. The molecule has 0 saturated carbocycles. The lowest BCUT2D eigenvalue weighted by Gasteiger charge is -2.31. The van der Waals surface area contributed by atoms with Crippen molar-refractivity contribution in [2.75, 3.05) is 31.6 Å².